The zero-order valence-corrected chi connectivity index (χ0v) is 12.0. The van der Waals surface area contributed by atoms with Crippen LogP contribution in [0.4, 0.5) is 0 Å². The van der Waals surface area contributed by atoms with Gasteiger partial charge >= 0.3 is 0 Å². The predicted molar refractivity (Wildman–Crippen MR) is 78.5 cm³/mol. The lowest BCUT2D eigenvalue weighted by Crippen LogP contribution is -2.34. The highest BCUT2D eigenvalue weighted by Crippen LogP contribution is 2.21. The van der Waals surface area contributed by atoms with Crippen LogP contribution in [0.5, 0.6) is 0 Å². The molecule has 0 amide bonds. The third-order valence-electron chi connectivity index (χ3n) is 4.38. The summed E-state index contributed by atoms with van der Waals surface area (Å²) in [5.74, 6) is 0.813. The van der Waals surface area contributed by atoms with E-state index in [1.54, 1.807) is 0 Å². The van der Waals surface area contributed by atoms with Gasteiger partial charge in [0.15, 0.2) is 0 Å². The summed E-state index contributed by atoms with van der Waals surface area (Å²) >= 11 is 0. The summed E-state index contributed by atoms with van der Waals surface area (Å²) in [6, 6.07) is 4.22. The molecule has 102 valence electrons. The number of hydrogen-bond donors (Lipinski definition) is 0. The van der Waals surface area contributed by atoms with E-state index in [9.17, 15) is 0 Å². The van der Waals surface area contributed by atoms with E-state index in [4.69, 9.17) is 4.98 Å². The van der Waals surface area contributed by atoms with Crippen LogP contribution in [0.15, 0.2) is 24.5 Å². The number of nitrogens with zero attached hydrogens (tertiary/aromatic N) is 3. The molecule has 0 saturated carbocycles. The van der Waals surface area contributed by atoms with Crippen molar-refractivity contribution in [2.75, 3.05) is 19.6 Å². The van der Waals surface area contributed by atoms with Gasteiger partial charge in [-0.2, -0.15) is 0 Å². The van der Waals surface area contributed by atoms with Crippen LogP contribution in [0, 0.1) is 12.8 Å². The van der Waals surface area contributed by atoms with Crippen molar-refractivity contribution >= 4 is 5.65 Å². The molecule has 3 rings (SSSR count). The van der Waals surface area contributed by atoms with Crippen LogP contribution in [-0.4, -0.2) is 33.9 Å². The van der Waals surface area contributed by atoms with Gasteiger partial charge in [-0.1, -0.05) is 13.0 Å². The van der Waals surface area contributed by atoms with Gasteiger partial charge in [0, 0.05) is 12.4 Å². The van der Waals surface area contributed by atoms with Crippen molar-refractivity contribution in [2.45, 2.75) is 33.1 Å². The summed E-state index contributed by atoms with van der Waals surface area (Å²) in [6.07, 6.45) is 8.08. The first-order valence-corrected chi connectivity index (χ1v) is 7.42. The van der Waals surface area contributed by atoms with Crippen LogP contribution >= 0.6 is 0 Å². The first-order valence-electron chi connectivity index (χ1n) is 7.42. The van der Waals surface area contributed by atoms with Gasteiger partial charge in [0.1, 0.15) is 5.65 Å². The number of aryl methyl sites for hydroxylation is 1. The van der Waals surface area contributed by atoms with E-state index >= 15 is 0 Å². The molecule has 0 aromatic carbocycles. The second-order valence-electron chi connectivity index (χ2n) is 5.74. The third kappa shape index (κ3) is 2.66. The molecule has 2 aromatic heterocycles. The molecule has 19 heavy (non-hydrogen) atoms. The van der Waals surface area contributed by atoms with Crippen molar-refractivity contribution in [3.05, 3.63) is 35.8 Å². The van der Waals surface area contributed by atoms with Crippen LogP contribution in [0.2, 0.25) is 0 Å². The number of piperidine rings is 1. The van der Waals surface area contributed by atoms with E-state index in [-0.39, 0.29) is 0 Å². The summed E-state index contributed by atoms with van der Waals surface area (Å²) < 4.78 is 2.16. The quantitative estimate of drug-likeness (QED) is 0.842. The van der Waals surface area contributed by atoms with Gasteiger partial charge in [0.05, 0.1) is 5.69 Å². The minimum Gasteiger partial charge on any atom is -0.307 e. The summed E-state index contributed by atoms with van der Waals surface area (Å²) in [6.45, 7) is 8.10. The Bertz CT molecular complexity index is 550. The molecule has 1 fully saturated rings. The molecule has 3 heterocycles. The van der Waals surface area contributed by atoms with Crippen LogP contribution in [0.25, 0.3) is 5.65 Å². The molecule has 0 radical (unpaired) electrons. The number of aromatic nitrogens is 2. The van der Waals surface area contributed by atoms with E-state index < -0.39 is 0 Å². The fourth-order valence-electron chi connectivity index (χ4n) is 3.11. The van der Waals surface area contributed by atoms with Crippen LogP contribution in [0.1, 0.15) is 31.0 Å². The monoisotopic (exact) mass is 257 g/mol. The van der Waals surface area contributed by atoms with Crippen molar-refractivity contribution in [3.8, 4) is 0 Å². The van der Waals surface area contributed by atoms with E-state index in [2.05, 4.69) is 47.7 Å². The normalized spacial score (nSPS) is 18.2. The number of rotatable bonds is 3. The predicted octanol–water partition coefficient (Wildman–Crippen LogP) is 2.92. The van der Waals surface area contributed by atoms with Crippen molar-refractivity contribution in [1.29, 1.82) is 0 Å². The molecule has 0 bridgehead atoms. The number of likely N-dealkylation sites (tertiary alicyclic amines) is 1. The van der Waals surface area contributed by atoms with E-state index in [0.717, 1.165) is 18.0 Å². The summed E-state index contributed by atoms with van der Waals surface area (Å²) in [7, 11) is 0. The fraction of sp³-hybridized carbons (Fsp3) is 0.562. The smallest absolute Gasteiger partial charge is 0.139 e. The lowest BCUT2D eigenvalue weighted by atomic mass is 9.92. The van der Waals surface area contributed by atoms with Crippen LogP contribution in [-0.2, 0) is 6.42 Å². The molecule has 0 spiro atoms. The van der Waals surface area contributed by atoms with Gasteiger partial charge in [-0.05, 0) is 63.4 Å². The van der Waals surface area contributed by atoms with E-state index in [1.807, 2.05) is 0 Å². The highest BCUT2D eigenvalue weighted by Gasteiger charge is 2.19. The molecule has 0 atom stereocenters. The average Bonchev–Trinajstić information content (AvgIpc) is 2.84. The molecule has 3 nitrogen and oxygen atoms in total. The lowest BCUT2D eigenvalue weighted by molar-refractivity contribution is 0.191. The van der Waals surface area contributed by atoms with Crippen molar-refractivity contribution in [1.82, 2.24) is 14.3 Å². The molecule has 3 heteroatoms. The molecule has 2 aromatic rings. The Kier molecular flexibility index (Phi) is 3.56. The van der Waals surface area contributed by atoms with Gasteiger partial charge < -0.3 is 9.30 Å². The van der Waals surface area contributed by atoms with Crippen LogP contribution < -0.4 is 0 Å². The molecule has 0 N–H and O–H groups in total. The first kappa shape index (κ1) is 12.7. The topological polar surface area (TPSA) is 20.5 Å². The standard InChI is InChI=1S/C16H23N3/c1-3-18-9-6-14(7-10-18)11-15-12-19-8-4-5-13(2)16(19)17-15/h4-5,8,12,14H,3,6-7,9-11H2,1-2H3. The molecular formula is C16H23N3. The van der Waals surface area contributed by atoms with Gasteiger partial charge in [0.2, 0.25) is 0 Å². The minimum absolute atomic E-state index is 0.813. The summed E-state index contributed by atoms with van der Waals surface area (Å²) in [5.41, 5.74) is 3.63. The van der Waals surface area contributed by atoms with Crippen molar-refractivity contribution in [3.63, 3.8) is 0 Å². The largest absolute Gasteiger partial charge is 0.307 e. The van der Waals surface area contributed by atoms with Gasteiger partial charge in [-0.3, -0.25) is 0 Å². The van der Waals surface area contributed by atoms with Gasteiger partial charge in [0.25, 0.3) is 0 Å². The molecular weight excluding hydrogens is 234 g/mol. The maximum Gasteiger partial charge on any atom is 0.139 e. The summed E-state index contributed by atoms with van der Waals surface area (Å²) in [5, 5.41) is 0. The zero-order chi connectivity index (χ0) is 13.2. The number of pyridine rings is 1. The number of imidazole rings is 1. The number of fused-ring (bicyclic) bond motifs is 1. The Labute approximate surface area is 115 Å². The summed E-state index contributed by atoms with van der Waals surface area (Å²) in [4.78, 5) is 7.34. The number of hydrogen-bond acceptors (Lipinski definition) is 2. The zero-order valence-electron chi connectivity index (χ0n) is 12.0. The lowest BCUT2D eigenvalue weighted by Gasteiger charge is -2.30. The molecule has 1 saturated heterocycles. The minimum atomic E-state index is 0.813. The van der Waals surface area contributed by atoms with Crippen molar-refractivity contribution < 1.29 is 0 Å². The van der Waals surface area contributed by atoms with Crippen molar-refractivity contribution in [2.24, 2.45) is 5.92 Å². The molecule has 0 unspecified atom stereocenters. The van der Waals surface area contributed by atoms with E-state index in [0.29, 0.717) is 0 Å². The van der Waals surface area contributed by atoms with Gasteiger partial charge in [-0.25, -0.2) is 4.98 Å². The Morgan fingerprint density at radius 2 is 2.11 bits per heavy atom. The Balaban J connectivity index is 1.70. The van der Waals surface area contributed by atoms with Gasteiger partial charge in [-0.15, -0.1) is 0 Å². The molecule has 0 aliphatic carbocycles. The first-order chi connectivity index (χ1) is 9.26. The third-order valence-corrected chi connectivity index (χ3v) is 4.38. The fourth-order valence-corrected chi connectivity index (χ4v) is 3.11. The maximum absolute atomic E-state index is 4.79. The average molecular weight is 257 g/mol. The Morgan fingerprint density at radius 1 is 1.32 bits per heavy atom. The highest BCUT2D eigenvalue weighted by molar-refractivity contribution is 5.47. The molecule has 1 aliphatic heterocycles. The Hall–Kier alpha value is -1.35. The maximum atomic E-state index is 4.79. The second-order valence-corrected chi connectivity index (χ2v) is 5.74. The highest BCUT2D eigenvalue weighted by atomic mass is 15.1. The molecule has 1 aliphatic rings. The SMILES string of the molecule is CCN1CCC(Cc2cn3cccc(C)c3n2)CC1. The van der Waals surface area contributed by atoms with E-state index in [1.165, 1.54) is 43.7 Å². The second kappa shape index (κ2) is 5.33. The van der Waals surface area contributed by atoms with Crippen LogP contribution in [0.3, 0.4) is 0 Å². The Morgan fingerprint density at radius 3 is 2.79 bits per heavy atom.